The van der Waals surface area contributed by atoms with Crippen LogP contribution in [0.25, 0.3) is 0 Å². The molecule has 0 fully saturated rings. The average Bonchev–Trinajstić information content (AvgIpc) is 2.21. The lowest BCUT2D eigenvalue weighted by Crippen LogP contribution is -2.10. The van der Waals surface area contributed by atoms with E-state index in [4.69, 9.17) is 10.4 Å². The normalized spacial score (nSPS) is 10.8. The van der Waals surface area contributed by atoms with E-state index in [9.17, 15) is 4.79 Å². The van der Waals surface area contributed by atoms with Crippen LogP contribution in [0.15, 0.2) is 11.6 Å². The topological polar surface area (TPSA) is 70.3 Å². The molecule has 0 unspecified atom stereocenters. The lowest BCUT2D eigenvalue weighted by atomic mass is 10.2. The first-order valence-corrected chi connectivity index (χ1v) is 4.64. The van der Waals surface area contributed by atoms with Crippen molar-refractivity contribution in [2.75, 3.05) is 13.2 Å². The van der Waals surface area contributed by atoms with Crippen molar-refractivity contribution in [1.29, 1.82) is 5.26 Å². The van der Waals surface area contributed by atoms with E-state index < -0.39 is 5.97 Å². The zero-order valence-corrected chi connectivity index (χ0v) is 8.32. The van der Waals surface area contributed by atoms with Gasteiger partial charge >= 0.3 is 5.97 Å². The number of unbranched alkanes of at least 4 members (excludes halogenated alkanes) is 2. The smallest absolute Gasteiger partial charge is 0.348 e. The molecule has 1 N–H and O–H groups in total. The number of hydrogen-bond donors (Lipinski definition) is 1. The van der Waals surface area contributed by atoms with E-state index in [-0.39, 0.29) is 18.8 Å². The Bertz CT molecular complexity index is 240. The lowest BCUT2D eigenvalue weighted by molar-refractivity contribution is -0.139. The molecule has 0 saturated heterocycles. The van der Waals surface area contributed by atoms with E-state index in [0.29, 0.717) is 6.42 Å². The molecule has 4 heteroatoms. The maximum Gasteiger partial charge on any atom is 0.348 e. The van der Waals surface area contributed by atoms with Crippen LogP contribution in [0.2, 0.25) is 0 Å². The first-order valence-electron chi connectivity index (χ1n) is 4.64. The quantitative estimate of drug-likeness (QED) is 0.300. The van der Waals surface area contributed by atoms with Crippen molar-refractivity contribution in [1.82, 2.24) is 0 Å². The summed E-state index contributed by atoms with van der Waals surface area (Å²) in [5.74, 6) is -0.655. The van der Waals surface area contributed by atoms with Crippen molar-refractivity contribution in [2.45, 2.75) is 26.2 Å². The zero-order valence-electron chi connectivity index (χ0n) is 8.32. The minimum Gasteiger partial charge on any atom is -0.459 e. The third-order valence-electron chi connectivity index (χ3n) is 1.57. The Morgan fingerprint density at radius 3 is 2.86 bits per heavy atom. The maximum atomic E-state index is 11.1. The molecule has 0 aliphatic rings. The minimum atomic E-state index is -0.655. The van der Waals surface area contributed by atoms with Crippen LogP contribution in [-0.4, -0.2) is 24.3 Å². The number of aliphatic hydroxyl groups excluding tert-OH is 1. The van der Waals surface area contributed by atoms with Crippen LogP contribution in [0, 0.1) is 11.3 Å². The molecule has 78 valence electrons. The number of esters is 1. The average molecular weight is 197 g/mol. The van der Waals surface area contributed by atoms with Gasteiger partial charge in [0.15, 0.2) is 0 Å². The van der Waals surface area contributed by atoms with E-state index in [1.165, 1.54) is 0 Å². The SMILES string of the molecule is CCCCC=C(C#N)C(=O)OCCO. The monoisotopic (exact) mass is 197 g/mol. The summed E-state index contributed by atoms with van der Waals surface area (Å²) in [6.07, 6.45) is 4.23. The Labute approximate surface area is 83.8 Å². The Kier molecular flexibility index (Phi) is 7.48. The maximum absolute atomic E-state index is 11.1. The van der Waals surface area contributed by atoms with Gasteiger partial charge < -0.3 is 9.84 Å². The third kappa shape index (κ3) is 5.33. The van der Waals surface area contributed by atoms with Crippen LogP contribution in [0.1, 0.15) is 26.2 Å². The molecule has 0 aromatic carbocycles. The van der Waals surface area contributed by atoms with Crippen molar-refractivity contribution < 1.29 is 14.6 Å². The number of carbonyl (C=O) groups is 1. The molecule has 0 aromatic heterocycles. The number of rotatable bonds is 6. The van der Waals surface area contributed by atoms with E-state index in [1.807, 2.05) is 6.92 Å². The second kappa shape index (κ2) is 8.27. The molecule has 0 aliphatic heterocycles. The Morgan fingerprint density at radius 2 is 2.36 bits per heavy atom. The van der Waals surface area contributed by atoms with Crippen LogP contribution >= 0.6 is 0 Å². The van der Waals surface area contributed by atoms with Gasteiger partial charge in [-0.1, -0.05) is 25.8 Å². The summed E-state index contributed by atoms with van der Waals surface area (Å²) in [6, 6.07) is 1.77. The first kappa shape index (κ1) is 12.7. The standard InChI is InChI=1S/C10H15NO3/c1-2-3-4-5-9(8-11)10(13)14-7-6-12/h5,12H,2-4,6-7H2,1H3. The van der Waals surface area contributed by atoms with E-state index >= 15 is 0 Å². The highest BCUT2D eigenvalue weighted by Gasteiger charge is 2.08. The van der Waals surface area contributed by atoms with Crippen molar-refractivity contribution in [3.63, 3.8) is 0 Å². The predicted octanol–water partition coefficient (Wildman–Crippen LogP) is 1.16. The van der Waals surface area contributed by atoms with E-state index in [2.05, 4.69) is 4.74 Å². The van der Waals surface area contributed by atoms with Gasteiger partial charge in [0.1, 0.15) is 18.2 Å². The summed E-state index contributed by atoms with van der Waals surface area (Å²) in [4.78, 5) is 11.1. The molecule has 0 aromatic rings. The van der Waals surface area contributed by atoms with Gasteiger partial charge in [-0.05, 0) is 6.42 Å². The second-order valence-corrected chi connectivity index (χ2v) is 2.73. The van der Waals surface area contributed by atoms with Gasteiger partial charge in [0.2, 0.25) is 0 Å². The van der Waals surface area contributed by atoms with Crippen molar-refractivity contribution >= 4 is 5.97 Å². The Hall–Kier alpha value is -1.34. The van der Waals surface area contributed by atoms with Crippen molar-refractivity contribution in [3.8, 4) is 6.07 Å². The number of carbonyl (C=O) groups excluding carboxylic acids is 1. The Morgan fingerprint density at radius 1 is 1.64 bits per heavy atom. The highest BCUT2D eigenvalue weighted by molar-refractivity contribution is 5.92. The van der Waals surface area contributed by atoms with Crippen LogP contribution in [0.3, 0.4) is 0 Å². The number of aliphatic hydroxyl groups is 1. The fraction of sp³-hybridized carbons (Fsp3) is 0.600. The number of nitrogens with zero attached hydrogens (tertiary/aromatic N) is 1. The van der Waals surface area contributed by atoms with Gasteiger partial charge in [0.25, 0.3) is 0 Å². The molecule has 0 radical (unpaired) electrons. The van der Waals surface area contributed by atoms with Gasteiger partial charge in [0.05, 0.1) is 6.61 Å². The van der Waals surface area contributed by atoms with Crippen molar-refractivity contribution in [3.05, 3.63) is 11.6 Å². The molecule has 0 spiro atoms. The Balaban J connectivity index is 4.06. The molecule has 0 heterocycles. The van der Waals surface area contributed by atoms with Gasteiger partial charge in [0, 0.05) is 0 Å². The van der Waals surface area contributed by atoms with Crippen molar-refractivity contribution in [2.24, 2.45) is 0 Å². The molecule has 0 saturated carbocycles. The van der Waals surface area contributed by atoms with Gasteiger partial charge in [-0.2, -0.15) is 5.26 Å². The van der Waals surface area contributed by atoms with E-state index in [1.54, 1.807) is 12.1 Å². The predicted molar refractivity (Wildman–Crippen MR) is 51.3 cm³/mol. The zero-order chi connectivity index (χ0) is 10.8. The molecule has 0 atom stereocenters. The number of nitriles is 1. The lowest BCUT2D eigenvalue weighted by Gasteiger charge is -2.00. The summed E-state index contributed by atoms with van der Waals surface area (Å²) in [6.45, 7) is 1.75. The summed E-state index contributed by atoms with van der Waals surface area (Å²) in [7, 11) is 0. The van der Waals surface area contributed by atoms with Gasteiger partial charge in [-0.3, -0.25) is 0 Å². The molecular formula is C10H15NO3. The minimum absolute atomic E-state index is 0.0203. The van der Waals surface area contributed by atoms with Crippen LogP contribution in [0.5, 0.6) is 0 Å². The van der Waals surface area contributed by atoms with Gasteiger partial charge in [-0.15, -0.1) is 0 Å². The number of hydrogen-bond acceptors (Lipinski definition) is 4. The molecule has 0 amide bonds. The number of ether oxygens (including phenoxy) is 1. The summed E-state index contributed by atoms with van der Waals surface area (Å²) in [5, 5.41) is 17.0. The molecule has 14 heavy (non-hydrogen) atoms. The van der Waals surface area contributed by atoms with E-state index in [0.717, 1.165) is 12.8 Å². The largest absolute Gasteiger partial charge is 0.459 e. The summed E-state index contributed by atoms with van der Waals surface area (Å²) in [5.41, 5.74) is 0.0203. The molecule has 0 aliphatic carbocycles. The highest BCUT2D eigenvalue weighted by atomic mass is 16.5. The second-order valence-electron chi connectivity index (χ2n) is 2.73. The first-order chi connectivity index (χ1) is 6.76. The fourth-order valence-electron chi connectivity index (χ4n) is 0.841. The molecule has 0 rings (SSSR count). The summed E-state index contributed by atoms with van der Waals surface area (Å²) < 4.78 is 4.60. The highest BCUT2D eigenvalue weighted by Crippen LogP contribution is 2.02. The third-order valence-corrected chi connectivity index (χ3v) is 1.57. The molecular weight excluding hydrogens is 182 g/mol. The molecule has 0 bridgehead atoms. The summed E-state index contributed by atoms with van der Waals surface area (Å²) >= 11 is 0. The molecule has 4 nitrogen and oxygen atoms in total. The van der Waals surface area contributed by atoms with Gasteiger partial charge in [-0.25, -0.2) is 4.79 Å². The van der Waals surface area contributed by atoms with Crippen LogP contribution in [-0.2, 0) is 9.53 Å². The van der Waals surface area contributed by atoms with Crippen LogP contribution in [0.4, 0.5) is 0 Å². The fourth-order valence-corrected chi connectivity index (χ4v) is 0.841. The van der Waals surface area contributed by atoms with Crippen LogP contribution < -0.4 is 0 Å². The number of allylic oxidation sites excluding steroid dienone is 1.